The summed E-state index contributed by atoms with van der Waals surface area (Å²) in [5, 5.41) is 1.88. The largest absolute Gasteiger partial charge is 0.364 e. The van der Waals surface area contributed by atoms with Gasteiger partial charge in [0.15, 0.2) is 17.2 Å². The summed E-state index contributed by atoms with van der Waals surface area (Å²) in [5.41, 5.74) is 5.70. The molecule has 1 saturated heterocycles. The number of fused-ring (bicyclic) bond motifs is 1. The minimum Gasteiger partial charge on any atom is -0.364 e. The van der Waals surface area contributed by atoms with Gasteiger partial charge in [0, 0.05) is 19.1 Å². The number of hydrogen-bond donors (Lipinski definition) is 1. The van der Waals surface area contributed by atoms with E-state index in [1.54, 1.807) is 4.90 Å². The zero-order chi connectivity index (χ0) is 21.4. The van der Waals surface area contributed by atoms with Crippen LogP contribution >= 0.6 is 11.3 Å². The third kappa shape index (κ3) is 3.41. The summed E-state index contributed by atoms with van der Waals surface area (Å²) >= 11 is 1.43. The first-order valence-electron chi connectivity index (χ1n) is 10.1. The van der Waals surface area contributed by atoms with Gasteiger partial charge in [-0.15, -0.1) is 11.3 Å². The Kier molecular flexibility index (Phi) is 5.42. The van der Waals surface area contributed by atoms with Crippen molar-refractivity contribution in [2.24, 2.45) is 5.73 Å². The van der Waals surface area contributed by atoms with Gasteiger partial charge in [0.2, 0.25) is 5.91 Å². The van der Waals surface area contributed by atoms with E-state index in [0.29, 0.717) is 24.6 Å². The molecule has 3 aromatic rings. The van der Waals surface area contributed by atoms with Crippen LogP contribution in [0, 0.1) is 0 Å². The van der Waals surface area contributed by atoms with E-state index in [1.807, 2.05) is 31.4 Å². The average Bonchev–Trinajstić information content (AvgIpc) is 3.35. The van der Waals surface area contributed by atoms with Crippen molar-refractivity contribution in [3.05, 3.63) is 33.7 Å². The maximum atomic E-state index is 13.1. The number of thiophene rings is 1. The molecule has 0 aliphatic carbocycles. The highest BCUT2D eigenvalue weighted by Crippen LogP contribution is 2.25. The van der Waals surface area contributed by atoms with Crippen LogP contribution in [0.2, 0.25) is 0 Å². The third-order valence-corrected chi connectivity index (χ3v) is 6.43. The van der Waals surface area contributed by atoms with Crippen molar-refractivity contribution in [1.82, 2.24) is 24.0 Å². The fraction of sp³-hybridized carbons (Fsp3) is 0.450. The molecule has 3 aromatic heterocycles. The van der Waals surface area contributed by atoms with Crippen LogP contribution in [0.4, 0.5) is 0 Å². The Labute approximate surface area is 177 Å². The number of piperidine rings is 1. The molecule has 0 bridgehead atoms. The minimum atomic E-state index is -0.763. The number of amides is 2. The highest BCUT2D eigenvalue weighted by Gasteiger charge is 2.28. The monoisotopic (exact) mass is 428 g/mol. The molecule has 0 aromatic carbocycles. The fourth-order valence-electron chi connectivity index (χ4n) is 4.03. The van der Waals surface area contributed by atoms with Crippen molar-refractivity contribution < 1.29 is 9.59 Å². The van der Waals surface area contributed by atoms with Crippen LogP contribution in [-0.2, 0) is 17.9 Å². The minimum absolute atomic E-state index is 0.0489. The number of carbonyl (C=O) groups excluding carboxylic acids is 2. The Hall–Kier alpha value is -3.01. The second kappa shape index (κ2) is 8.02. The van der Waals surface area contributed by atoms with E-state index in [9.17, 15) is 14.4 Å². The summed E-state index contributed by atoms with van der Waals surface area (Å²) in [7, 11) is 0. The second-order valence-electron chi connectivity index (χ2n) is 7.45. The number of carbonyl (C=O) groups is 2. The van der Waals surface area contributed by atoms with Gasteiger partial charge < -0.3 is 10.6 Å². The highest BCUT2D eigenvalue weighted by atomic mass is 32.1. The molecule has 1 aliphatic rings. The van der Waals surface area contributed by atoms with E-state index in [1.165, 1.54) is 20.5 Å². The van der Waals surface area contributed by atoms with Crippen molar-refractivity contribution >= 4 is 34.3 Å². The topological polar surface area (TPSA) is 116 Å². The van der Waals surface area contributed by atoms with Gasteiger partial charge in [0.25, 0.3) is 5.91 Å². The molecule has 2 N–H and O–H groups in total. The van der Waals surface area contributed by atoms with Crippen molar-refractivity contribution in [1.29, 1.82) is 0 Å². The SMILES string of the molecule is CCn1c(=O)n(CC(=O)N2CCCCC2C)c2c(C(N)=O)nc(-c3cccs3)nc21. The van der Waals surface area contributed by atoms with E-state index in [-0.39, 0.29) is 29.7 Å². The number of likely N-dealkylation sites (tertiary alicyclic amines) is 1. The molecule has 0 radical (unpaired) electrons. The standard InChI is InChI=1S/C20H24N6O3S/c1-3-24-19-16(15(17(21)28)22-18(23-19)13-8-6-10-30-13)26(20(24)29)11-14(27)25-9-5-4-7-12(25)2/h6,8,10,12H,3-5,7,9,11H2,1-2H3,(H2,21,28). The first-order chi connectivity index (χ1) is 14.4. The fourth-order valence-corrected chi connectivity index (χ4v) is 4.68. The molecule has 4 rings (SSSR count). The van der Waals surface area contributed by atoms with Crippen LogP contribution < -0.4 is 11.4 Å². The quantitative estimate of drug-likeness (QED) is 0.666. The Morgan fingerprint density at radius 2 is 2.07 bits per heavy atom. The number of primary amides is 1. The molecule has 0 spiro atoms. The van der Waals surface area contributed by atoms with Gasteiger partial charge in [-0.1, -0.05) is 6.07 Å². The summed E-state index contributed by atoms with van der Waals surface area (Å²) in [6.07, 6.45) is 2.98. The van der Waals surface area contributed by atoms with Crippen LogP contribution in [-0.4, -0.2) is 48.4 Å². The molecule has 1 aliphatic heterocycles. The lowest BCUT2D eigenvalue weighted by molar-refractivity contribution is -0.135. The zero-order valence-electron chi connectivity index (χ0n) is 17.0. The molecule has 1 atom stereocenters. The van der Waals surface area contributed by atoms with Crippen molar-refractivity contribution in [2.75, 3.05) is 6.54 Å². The number of rotatable bonds is 5. The number of imidazole rings is 1. The van der Waals surface area contributed by atoms with E-state index in [4.69, 9.17) is 5.73 Å². The van der Waals surface area contributed by atoms with E-state index in [0.717, 1.165) is 24.1 Å². The van der Waals surface area contributed by atoms with Crippen molar-refractivity contribution in [2.45, 2.75) is 52.2 Å². The summed E-state index contributed by atoms with van der Waals surface area (Å²) in [6.45, 7) is 4.67. The molecule has 0 saturated carbocycles. The molecule has 9 nitrogen and oxygen atoms in total. The molecule has 10 heteroatoms. The summed E-state index contributed by atoms with van der Waals surface area (Å²) in [6, 6.07) is 3.82. The lowest BCUT2D eigenvalue weighted by atomic mass is 10.0. The number of nitrogens with zero attached hydrogens (tertiary/aromatic N) is 5. The van der Waals surface area contributed by atoms with E-state index < -0.39 is 11.6 Å². The zero-order valence-corrected chi connectivity index (χ0v) is 17.8. The van der Waals surface area contributed by atoms with Crippen molar-refractivity contribution in [3.8, 4) is 10.7 Å². The normalized spacial score (nSPS) is 16.9. The molecule has 158 valence electrons. The van der Waals surface area contributed by atoms with E-state index >= 15 is 0 Å². The summed E-state index contributed by atoms with van der Waals surface area (Å²) in [5.74, 6) is -0.583. The number of aryl methyl sites for hydroxylation is 1. The predicted molar refractivity (Wildman–Crippen MR) is 114 cm³/mol. The Morgan fingerprint density at radius 1 is 1.27 bits per heavy atom. The molecular formula is C20H24N6O3S. The molecule has 4 heterocycles. The lowest BCUT2D eigenvalue weighted by Crippen LogP contribution is -2.44. The van der Waals surface area contributed by atoms with Crippen molar-refractivity contribution in [3.63, 3.8) is 0 Å². The molecule has 2 amide bonds. The molecule has 1 unspecified atom stereocenters. The van der Waals surface area contributed by atoms with Crippen LogP contribution in [0.1, 0.15) is 43.6 Å². The number of hydrogen-bond acceptors (Lipinski definition) is 6. The van der Waals surface area contributed by atoms with E-state index in [2.05, 4.69) is 9.97 Å². The molecular weight excluding hydrogens is 404 g/mol. The van der Waals surface area contributed by atoms with Crippen LogP contribution in [0.5, 0.6) is 0 Å². The maximum absolute atomic E-state index is 13.1. The van der Waals surface area contributed by atoms with Gasteiger partial charge in [0.05, 0.1) is 4.88 Å². The third-order valence-electron chi connectivity index (χ3n) is 5.56. The van der Waals surface area contributed by atoms with Gasteiger partial charge in [-0.05, 0) is 44.6 Å². The highest BCUT2D eigenvalue weighted by molar-refractivity contribution is 7.13. The van der Waals surface area contributed by atoms with Gasteiger partial charge in [-0.25, -0.2) is 14.8 Å². The predicted octanol–water partition coefficient (Wildman–Crippen LogP) is 1.84. The number of nitrogens with two attached hydrogens (primary N) is 1. The Balaban J connectivity index is 1.87. The Bertz CT molecular complexity index is 1160. The lowest BCUT2D eigenvalue weighted by Gasteiger charge is -2.33. The summed E-state index contributed by atoms with van der Waals surface area (Å²) in [4.78, 5) is 49.9. The molecule has 30 heavy (non-hydrogen) atoms. The van der Waals surface area contributed by atoms with Crippen LogP contribution in [0.15, 0.2) is 22.3 Å². The maximum Gasteiger partial charge on any atom is 0.330 e. The first-order valence-corrected chi connectivity index (χ1v) is 10.9. The number of aromatic nitrogens is 4. The summed E-state index contributed by atoms with van der Waals surface area (Å²) < 4.78 is 2.74. The van der Waals surface area contributed by atoms with Gasteiger partial charge in [-0.3, -0.25) is 18.7 Å². The van der Waals surface area contributed by atoms with Gasteiger partial charge in [0.1, 0.15) is 12.1 Å². The Morgan fingerprint density at radius 3 is 2.70 bits per heavy atom. The van der Waals surface area contributed by atoms with Crippen LogP contribution in [0.3, 0.4) is 0 Å². The smallest absolute Gasteiger partial charge is 0.330 e. The first kappa shape index (κ1) is 20.3. The van der Waals surface area contributed by atoms with Crippen LogP contribution in [0.25, 0.3) is 21.9 Å². The second-order valence-corrected chi connectivity index (χ2v) is 8.40. The van der Waals surface area contributed by atoms with Gasteiger partial charge >= 0.3 is 5.69 Å². The molecule has 1 fully saturated rings. The average molecular weight is 429 g/mol. The van der Waals surface area contributed by atoms with Gasteiger partial charge in [-0.2, -0.15) is 0 Å².